The number of fused-ring (bicyclic) bond motifs is 1. The maximum absolute atomic E-state index is 12.6. The molecule has 0 aromatic heterocycles. The van der Waals surface area contributed by atoms with Gasteiger partial charge in [-0.3, -0.25) is 9.10 Å². The number of ether oxygens (including phenoxy) is 2. The molecule has 0 saturated heterocycles. The van der Waals surface area contributed by atoms with Gasteiger partial charge in [0, 0.05) is 13.1 Å². The molecule has 1 aliphatic rings. The van der Waals surface area contributed by atoms with Crippen molar-refractivity contribution in [3.63, 3.8) is 0 Å². The molecule has 2 aromatic carbocycles. The third-order valence-corrected chi connectivity index (χ3v) is 6.54. The van der Waals surface area contributed by atoms with Crippen molar-refractivity contribution in [2.75, 3.05) is 36.9 Å². The maximum Gasteiger partial charge on any atom is 0.257 e. The predicted octanol–water partition coefficient (Wildman–Crippen LogP) is 2.62. The lowest BCUT2D eigenvalue weighted by Gasteiger charge is -2.19. The van der Waals surface area contributed by atoms with E-state index in [1.54, 1.807) is 12.1 Å². The highest BCUT2D eigenvalue weighted by Gasteiger charge is 2.28. The molecule has 0 spiro atoms. The van der Waals surface area contributed by atoms with E-state index >= 15 is 0 Å². The topological polar surface area (TPSA) is 84.9 Å². The minimum Gasteiger partial charge on any atom is -0.493 e. The number of allylic oxidation sites excluding steroid dienone is 1. The Balaban J connectivity index is 1.50. The lowest BCUT2D eigenvalue weighted by Crippen LogP contribution is -2.38. The van der Waals surface area contributed by atoms with E-state index in [0.29, 0.717) is 24.5 Å². The minimum atomic E-state index is -3.51. The van der Waals surface area contributed by atoms with Crippen LogP contribution >= 0.6 is 0 Å². The highest BCUT2D eigenvalue weighted by molar-refractivity contribution is 7.92. The number of benzene rings is 2. The molecule has 0 saturated carbocycles. The van der Waals surface area contributed by atoms with Crippen molar-refractivity contribution >= 4 is 27.7 Å². The Morgan fingerprint density at radius 1 is 1.20 bits per heavy atom. The molecular formula is C22H26N2O5S. The van der Waals surface area contributed by atoms with E-state index in [-0.39, 0.29) is 18.9 Å². The smallest absolute Gasteiger partial charge is 0.257 e. The van der Waals surface area contributed by atoms with E-state index in [1.807, 2.05) is 49.4 Å². The van der Waals surface area contributed by atoms with Crippen LogP contribution in [0.15, 0.2) is 48.5 Å². The average Bonchev–Trinajstić information content (AvgIpc) is 3.18. The zero-order valence-corrected chi connectivity index (χ0v) is 17.9. The fourth-order valence-electron chi connectivity index (χ4n) is 3.32. The number of carbonyl (C=O) groups is 1. The molecule has 8 heteroatoms. The molecule has 0 bridgehead atoms. The number of amides is 1. The van der Waals surface area contributed by atoms with Crippen LogP contribution in [-0.4, -0.2) is 46.9 Å². The molecule has 0 unspecified atom stereocenters. The summed E-state index contributed by atoms with van der Waals surface area (Å²) in [6.45, 7) is 2.14. The van der Waals surface area contributed by atoms with Crippen LogP contribution in [0.5, 0.6) is 11.5 Å². The zero-order valence-electron chi connectivity index (χ0n) is 17.1. The van der Waals surface area contributed by atoms with Gasteiger partial charge in [0.05, 0.1) is 18.6 Å². The van der Waals surface area contributed by atoms with Crippen molar-refractivity contribution in [3.05, 3.63) is 59.7 Å². The van der Waals surface area contributed by atoms with Gasteiger partial charge in [0.1, 0.15) is 0 Å². The van der Waals surface area contributed by atoms with Gasteiger partial charge in [-0.1, -0.05) is 36.4 Å². The van der Waals surface area contributed by atoms with Crippen molar-refractivity contribution in [1.29, 1.82) is 0 Å². The number of carbonyl (C=O) groups excluding carboxylic acids is 1. The number of methoxy groups -OCH3 is 1. The number of sulfonamides is 1. The molecule has 3 rings (SSSR count). The van der Waals surface area contributed by atoms with Gasteiger partial charge in [0.2, 0.25) is 10.0 Å². The second-order valence-corrected chi connectivity index (χ2v) is 8.83. The summed E-state index contributed by atoms with van der Waals surface area (Å²) >= 11 is 0. The summed E-state index contributed by atoms with van der Waals surface area (Å²) in [7, 11) is -1.97. The Labute approximate surface area is 177 Å². The number of anilines is 1. The summed E-state index contributed by atoms with van der Waals surface area (Å²) in [5.41, 5.74) is 2.70. The van der Waals surface area contributed by atoms with E-state index < -0.39 is 15.9 Å². The fourth-order valence-corrected chi connectivity index (χ4v) is 4.75. The van der Waals surface area contributed by atoms with Gasteiger partial charge in [-0.25, -0.2) is 8.42 Å². The standard InChI is InChI=1S/C22H26N2O5S/c1-3-6-17-9-10-20(21(15-17)28-2)29-16-22(25)23-12-14-30(26,27)24-13-11-18-7-4-5-8-19(18)24/h3-10,15H,11-14,16H2,1-2H3,(H,23,25). The molecule has 160 valence electrons. The van der Waals surface area contributed by atoms with Crippen molar-refractivity contribution in [1.82, 2.24) is 5.32 Å². The normalized spacial score (nSPS) is 13.3. The predicted molar refractivity (Wildman–Crippen MR) is 117 cm³/mol. The van der Waals surface area contributed by atoms with Crippen LogP contribution in [0.4, 0.5) is 5.69 Å². The molecule has 0 atom stereocenters. The minimum absolute atomic E-state index is 0.0144. The summed E-state index contributed by atoms with van der Waals surface area (Å²) in [4.78, 5) is 12.1. The SMILES string of the molecule is CC=Cc1ccc(OCC(=O)NCCS(=O)(=O)N2CCc3ccccc32)c(OC)c1. The molecule has 7 nitrogen and oxygen atoms in total. The Morgan fingerprint density at radius 3 is 2.77 bits per heavy atom. The van der Waals surface area contributed by atoms with Crippen molar-refractivity contribution < 1.29 is 22.7 Å². The van der Waals surface area contributed by atoms with Gasteiger partial charge in [-0.15, -0.1) is 0 Å². The van der Waals surface area contributed by atoms with E-state index in [4.69, 9.17) is 9.47 Å². The Morgan fingerprint density at radius 2 is 2.00 bits per heavy atom. The van der Waals surface area contributed by atoms with Crippen molar-refractivity contribution in [3.8, 4) is 11.5 Å². The van der Waals surface area contributed by atoms with Crippen molar-refractivity contribution in [2.45, 2.75) is 13.3 Å². The lowest BCUT2D eigenvalue weighted by atomic mass is 10.2. The van der Waals surface area contributed by atoms with Gasteiger partial charge < -0.3 is 14.8 Å². The molecule has 1 aliphatic heterocycles. The lowest BCUT2D eigenvalue weighted by molar-refractivity contribution is -0.122. The number of hydrogen-bond donors (Lipinski definition) is 1. The average molecular weight is 431 g/mol. The third-order valence-electron chi connectivity index (χ3n) is 4.77. The summed E-state index contributed by atoms with van der Waals surface area (Å²) in [5, 5.41) is 2.60. The van der Waals surface area contributed by atoms with E-state index in [0.717, 1.165) is 16.8 Å². The van der Waals surface area contributed by atoms with E-state index in [9.17, 15) is 13.2 Å². The molecular weight excluding hydrogens is 404 g/mol. The molecule has 0 aliphatic carbocycles. The summed E-state index contributed by atoms with van der Waals surface area (Å²) in [6, 6.07) is 12.9. The third kappa shape index (κ3) is 5.13. The highest BCUT2D eigenvalue weighted by atomic mass is 32.2. The van der Waals surface area contributed by atoms with Crippen LogP contribution in [0.2, 0.25) is 0 Å². The number of nitrogens with one attached hydrogen (secondary N) is 1. The second-order valence-electron chi connectivity index (χ2n) is 6.82. The number of hydrogen-bond acceptors (Lipinski definition) is 5. The quantitative estimate of drug-likeness (QED) is 0.661. The molecule has 1 heterocycles. The van der Waals surface area contributed by atoms with Crippen LogP contribution in [0, 0.1) is 0 Å². The van der Waals surface area contributed by atoms with Crippen LogP contribution in [0.1, 0.15) is 18.1 Å². The van der Waals surface area contributed by atoms with Gasteiger partial charge in [-0.2, -0.15) is 0 Å². The largest absolute Gasteiger partial charge is 0.493 e. The molecule has 1 N–H and O–H groups in total. The molecule has 0 radical (unpaired) electrons. The molecule has 30 heavy (non-hydrogen) atoms. The Hall–Kier alpha value is -3.00. The number of rotatable bonds is 9. The second kappa shape index (κ2) is 9.67. The maximum atomic E-state index is 12.6. The Kier molecular flexibility index (Phi) is 6.99. The monoisotopic (exact) mass is 430 g/mol. The van der Waals surface area contributed by atoms with Crippen LogP contribution < -0.4 is 19.1 Å². The zero-order chi connectivity index (χ0) is 21.6. The number of para-hydroxylation sites is 1. The van der Waals surface area contributed by atoms with Gasteiger partial charge in [0.25, 0.3) is 5.91 Å². The van der Waals surface area contributed by atoms with E-state index in [2.05, 4.69) is 5.32 Å². The molecule has 1 amide bonds. The highest BCUT2D eigenvalue weighted by Crippen LogP contribution is 2.30. The fraction of sp³-hybridized carbons (Fsp3) is 0.318. The first-order valence-corrected chi connectivity index (χ1v) is 11.3. The summed E-state index contributed by atoms with van der Waals surface area (Å²) < 4.78 is 37.5. The van der Waals surface area contributed by atoms with Crippen molar-refractivity contribution in [2.24, 2.45) is 0 Å². The summed E-state index contributed by atoms with van der Waals surface area (Å²) in [6.07, 6.45) is 4.54. The Bertz CT molecular complexity index is 1030. The summed E-state index contributed by atoms with van der Waals surface area (Å²) in [5.74, 6) is 0.400. The van der Waals surface area contributed by atoms with Crippen LogP contribution in [-0.2, 0) is 21.2 Å². The first kappa shape index (κ1) is 21.7. The van der Waals surface area contributed by atoms with E-state index in [1.165, 1.54) is 11.4 Å². The molecule has 2 aromatic rings. The van der Waals surface area contributed by atoms with Gasteiger partial charge >= 0.3 is 0 Å². The molecule has 0 fully saturated rings. The van der Waals surface area contributed by atoms with Crippen LogP contribution in [0.25, 0.3) is 6.08 Å². The first-order chi connectivity index (χ1) is 14.4. The van der Waals surface area contributed by atoms with Gasteiger partial charge in [-0.05, 0) is 42.7 Å². The van der Waals surface area contributed by atoms with Crippen LogP contribution in [0.3, 0.4) is 0 Å². The van der Waals surface area contributed by atoms with Gasteiger partial charge in [0.15, 0.2) is 18.1 Å². The first-order valence-electron chi connectivity index (χ1n) is 9.73. The number of nitrogens with zero attached hydrogens (tertiary/aromatic N) is 1.